The van der Waals surface area contributed by atoms with E-state index in [1.54, 1.807) is 0 Å². The minimum atomic E-state index is 0.0750. The number of fused-ring (bicyclic) bond motifs is 1. The fraction of sp³-hybridized carbons (Fsp3) is 0.364. The Bertz CT molecular complexity index is 437. The average molecular weight is 189 g/mol. The predicted octanol–water partition coefficient (Wildman–Crippen LogP) is 2.77. The van der Waals surface area contributed by atoms with Crippen LogP contribution in [0.1, 0.15) is 20.8 Å². The van der Waals surface area contributed by atoms with Crippen molar-refractivity contribution in [2.75, 3.05) is 5.32 Å². The summed E-state index contributed by atoms with van der Waals surface area (Å²) in [7, 11) is 0. The van der Waals surface area contributed by atoms with Gasteiger partial charge in [-0.15, -0.1) is 0 Å². The minimum Gasteiger partial charge on any atom is -0.380 e. The highest BCUT2D eigenvalue weighted by Gasteiger charge is 2.11. The second-order valence-electron chi connectivity index (χ2n) is 4.47. The summed E-state index contributed by atoms with van der Waals surface area (Å²) in [5, 5.41) is 4.59. The Kier molecular flexibility index (Phi) is 1.95. The van der Waals surface area contributed by atoms with Crippen molar-refractivity contribution in [2.45, 2.75) is 26.3 Å². The molecule has 2 N–H and O–H groups in total. The maximum atomic E-state index is 4.24. The molecule has 0 amide bonds. The van der Waals surface area contributed by atoms with Crippen LogP contribution in [0, 0.1) is 0 Å². The van der Waals surface area contributed by atoms with E-state index in [2.05, 4.69) is 36.1 Å². The van der Waals surface area contributed by atoms with Crippen LogP contribution in [0.25, 0.3) is 11.0 Å². The zero-order valence-electron chi connectivity index (χ0n) is 8.76. The van der Waals surface area contributed by atoms with E-state index in [0.717, 1.165) is 16.7 Å². The predicted molar refractivity (Wildman–Crippen MR) is 59.5 cm³/mol. The van der Waals surface area contributed by atoms with Crippen LogP contribution in [0.4, 0.5) is 5.69 Å². The van der Waals surface area contributed by atoms with Gasteiger partial charge in [0, 0.05) is 29.0 Å². The Balaban J connectivity index is 2.46. The largest absolute Gasteiger partial charge is 0.380 e. The summed E-state index contributed by atoms with van der Waals surface area (Å²) in [6.07, 6.45) is 3.72. The van der Waals surface area contributed by atoms with E-state index in [0.29, 0.717) is 0 Å². The molecule has 3 heteroatoms. The monoisotopic (exact) mass is 189 g/mol. The normalized spacial score (nSPS) is 11.9. The fourth-order valence-corrected chi connectivity index (χ4v) is 1.47. The molecule has 74 valence electrons. The lowest BCUT2D eigenvalue weighted by atomic mass is 10.1. The SMILES string of the molecule is CC(C)(C)Nc1ccnc2[nH]ccc12. The van der Waals surface area contributed by atoms with E-state index in [-0.39, 0.29) is 5.54 Å². The second-order valence-corrected chi connectivity index (χ2v) is 4.47. The van der Waals surface area contributed by atoms with Gasteiger partial charge < -0.3 is 10.3 Å². The standard InChI is InChI=1S/C11H15N3/c1-11(2,3)14-9-5-7-13-10-8(9)4-6-12-10/h4-7H,1-3H3,(H2,12,13,14). The van der Waals surface area contributed by atoms with Gasteiger partial charge in [0.1, 0.15) is 5.65 Å². The van der Waals surface area contributed by atoms with E-state index in [4.69, 9.17) is 0 Å². The second kappa shape index (κ2) is 3.01. The summed E-state index contributed by atoms with van der Waals surface area (Å²) in [5.41, 5.74) is 2.13. The topological polar surface area (TPSA) is 40.7 Å². The van der Waals surface area contributed by atoms with Crippen molar-refractivity contribution in [1.82, 2.24) is 9.97 Å². The van der Waals surface area contributed by atoms with Crippen molar-refractivity contribution >= 4 is 16.7 Å². The van der Waals surface area contributed by atoms with Crippen molar-refractivity contribution in [3.63, 3.8) is 0 Å². The summed E-state index contributed by atoms with van der Waals surface area (Å²) < 4.78 is 0. The molecule has 0 fully saturated rings. The molecule has 0 atom stereocenters. The molecule has 2 heterocycles. The summed E-state index contributed by atoms with van der Waals surface area (Å²) in [4.78, 5) is 7.33. The number of aromatic nitrogens is 2. The van der Waals surface area contributed by atoms with Gasteiger partial charge >= 0.3 is 0 Å². The van der Waals surface area contributed by atoms with Gasteiger partial charge in [0.15, 0.2) is 0 Å². The molecule has 0 saturated carbocycles. The molecule has 0 spiro atoms. The number of nitrogens with zero attached hydrogens (tertiary/aromatic N) is 1. The molecule has 0 saturated heterocycles. The minimum absolute atomic E-state index is 0.0750. The third-order valence-electron chi connectivity index (χ3n) is 1.97. The molecule has 14 heavy (non-hydrogen) atoms. The van der Waals surface area contributed by atoms with Crippen LogP contribution >= 0.6 is 0 Å². The Morgan fingerprint density at radius 3 is 2.79 bits per heavy atom. The molecular weight excluding hydrogens is 174 g/mol. The van der Waals surface area contributed by atoms with Crippen molar-refractivity contribution in [1.29, 1.82) is 0 Å². The average Bonchev–Trinajstić information content (AvgIpc) is 2.49. The zero-order valence-corrected chi connectivity index (χ0v) is 8.76. The molecule has 0 unspecified atom stereocenters. The number of nitrogens with one attached hydrogen (secondary N) is 2. The van der Waals surface area contributed by atoms with Gasteiger partial charge in [0.2, 0.25) is 0 Å². The highest BCUT2D eigenvalue weighted by molar-refractivity contribution is 5.89. The van der Waals surface area contributed by atoms with Crippen LogP contribution in [0.5, 0.6) is 0 Å². The molecule has 0 aromatic carbocycles. The number of aromatic amines is 1. The molecule has 0 aliphatic carbocycles. The van der Waals surface area contributed by atoms with Crippen molar-refractivity contribution in [3.8, 4) is 0 Å². The van der Waals surface area contributed by atoms with E-state index in [9.17, 15) is 0 Å². The van der Waals surface area contributed by atoms with Crippen LogP contribution in [0.15, 0.2) is 24.5 Å². The number of pyridine rings is 1. The van der Waals surface area contributed by atoms with Gasteiger partial charge in [-0.05, 0) is 32.9 Å². The summed E-state index contributed by atoms with van der Waals surface area (Å²) >= 11 is 0. The van der Waals surface area contributed by atoms with Gasteiger partial charge in [-0.1, -0.05) is 0 Å². The molecule has 2 aromatic rings. The first-order valence-corrected chi connectivity index (χ1v) is 4.76. The highest BCUT2D eigenvalue weighted by Crippen LogP contribution is 2.23. The molecule has 0 aliphatic rings. The lowest BCUT2D eigenvalue weighted by Gasteiger charge is -2.22. The maximum absolute atomic E-state index is 4.24. The molecule has 3 nitrogen and oxygen atoms in total. The Hall–Kier alpha value is -1.51. The van der Waals surface area contributed by atoms with Crippen LogP contribution in [-0.2, 0) is 0 Å². The van der Waals surface area contributed by atoms with E-state index in [1.807, 2.05) is 24.5 Å². The molecule has 2 rings (SSSR count). The number of anilines is 1. The summed E-state index contributed by atoms with van der Waals surface area (Å²) in [6, 6.07) is 4.04. The molecular formula is C11H15N3. The van der Waals surface area contributed by atoms with Crippen LogP contribution in [0.2, 0.25) is 0 Å². The van der Waals surface area contributed by atoms with Crippen LogP contribution < -0.4 is 5.32 Å². The lowest BCUT2D eigenvalue weighted by Crippen LogP contribution is -2.26. The molecule has 0 aliphatic heterocycles. The van der Waals surface area contributed by atoms with Crippen molar-refractivity contribution < 1.29 is 0 Å². The molecule has 0 bridgehead atoms. The Morgan fingerprint density at radius 1 is 1.29 bits per heavy atom. The van der Waals surface area contributed by atoms with E-state index < -0.39 is 0 Å². The van der Waals surface area contributed by atoms with E-state index in [1.165, 1.54) is 0 Å². The Labute approximate surface area is 83.6 Å². The Morgan fingerprint density at radius 2 is 2.07 bits per heavy atom. The van der Waals surface area contributed by atoms with Gasteiger partial charge in [-0.25, -0.2) is 4.98 Å². The number of H-pyrrole nitrogens is 1. The lowest BCUT2D eigenvalue weighted by molar-refractivity contribution is 0.635. The number of hydrogen-bond acceptors (Lipinski definition) is 2. The summed E-state index contributed by atoms with van der Waals surface area (Å²) in [6.45, 7) is 6.43. The molecule has 2 aromatic heterocycles. The first-order chi connectivity index (χ1) is 6.56. The number of hydrogen-bond donors (Lipinski definition) is 2. The zero-order chi connectivity index (χ0) is 10.2. The van der Waals surface area contributed by atoms with Crippen molar-refractivity contribution in [2.24, 2.45) is 0 Å². The third kappa shape index (κ3) is 1.71. The van der Waals surface area contributed by atoms with Crippen molar-refractivity contribution in [3.05, 3.63) is 24.5 Å². The first-order valence-electron chi connectivity index (χ1n) is 4.76. The smallest absolute Gasteiger partial charge is 0.139 e. The first kappa shape index (κ1) is 9.06. The van der Waals surface area contributed by atoms with Gasteiger partial charge in [-0.3, -0.25) is 0 Å². The molecule has 0 radical (unpaired) electrons. The fourth-order valence-electron chi connectivity index (χ4n) is 1.47. The third-order valence-corrected chi connectivity index (χ3v) is 1.97. The van der Waals surface area contributed by atoms with Crippen LogP contribution in [0.3, 0.4) is 0 Å². The highest BCUT2D eigenvalue weighted by atomic mass is 15.0. The van der Waals surface area contributed by atoms with Crippen LogP contribution in [-0.4, -0.2) is 15.5 Å². The van der Waals surface area contributed by atoms with Gasteiger partial charge in [0.25, 0.3) is 0 Å². The maximum Gasteiger partial charge on any atom is 0.139 e. The number of rotatable bonds is 1. The van der Waals surface area contributed by atoms with E-state index >= 15 is 0 Å². The van der Waals surface area contributed by atoms with Gasteiger partial charge in [0.05, 0.1) is 0 Å². The summed E-state index contributed by atoms with van der Waals surface area (Å²) in [5.74, 6) is 0. The van der Waals surface area contributed by atoms with Gasteiger partial charge in [-0.2, -0.15) is 0 Å². The quantitative estimate of drug-likeness (QED) is 0.724.